The molecule has 2 amide bonds. The first-order valence-electron chi connectivity index (χ1n) is 9.07. The van der Waals surface area contributed by atoms with E-state index >= 15 is 0 Å². The van der Waals surface area contributed by atoms with Gasteiger partial charge in [0.1, 0.15) is 5.82 Å². The highest BCUT2D eigenvalue weighted by atomic mass is 16.2. The fourth-order valence-corrected chi connectivity index (χ4v) is 3.33. The number of fused-ring (bicyclic) bond motifs is 1. The summed E-state index contributed by atoms with van der Waals surface area (Å²) < 4.78 is 1.62. The first-order chi connectivity index (χ1) is 13.9. The van der Waals surface area contributed by atoms with Gasteiger partial charge in [0.2, 0.25) is 5.91 Å². The number of benzene rings is 1. The Bertz CT molecular complexity index is 1190. The minimum atomic E-state index is -0.273. The van der Waals surface area contributed by atoms with Gasteiger partial charge in [-0.3, -0.25) is 14.3 Å². The Morgan fingerprint density at radius 2 is 2.10 bits per heavy atom. The largest absolute Gasteiger partial charge is 0.398 e. The second kappa shape index (κ2) is 6.91. The van der Waals surface area contributed by atoms with Crippen molar-refractivity contribution in [2.45, 2.75) is 6.42 Å². The number of nitriles is 1. The van der Waals surface area contributed by atoms with Crippen molar-refractivity contribution in [1.29, 1.82) is 5.26 Å². The number of carbonyl (C=O) groups is 2. The third-order valence-electron chi connectivity index (χ3n) is 5.05. The number of aromatic nitrogens is 3. The number of nitrogens with two attached hydrogens (primary N) is 1. The highest BCUT2D eigenvalue weighted by Gasteiger charge is 2.43. The van der Waals surface area contributed by atoms with Gasteiger partial charge in [-0.2, -0.15) is 10.4 Å². The molecule has 1 saturated carbocycles. The molecule has 0 bridgehead atoms. The van der Waals surface area contributed by atoms with E-state index < -0.39 is 0 Å². The number of nitrogen functional groups attached to an aromatic ring is 1. The molecule has 1 aliphatic rings. The molecule has 0 radical (unpaired) electrons. The monoisotopic (exact) mass is 389 g/mol. The van der Waals surface area contributed by atoms with Gasteiger partial charge >= 0.3 is 0 Å². The third-order valence-corrected chi connectivity index (χ3v) is 5.05. The maximum Gasteiger partial charge on any atom is 0.271 e. The third kappa shape index (κ3) is 3.36. The molecule has 3 aromatic rings. The van der Waals surface area contributed by atoms with Crippen LogP contribution in [-0.4, -0.2) is 33.6 Å². The number of anilines is 2. The van der Waals surface area contributed by atoms with Crippen molar-refractivity contribution >= 4 is 34.1 Å². The Hall–Kier alpha value is -3.93. The lowest BCUT2D eigenvalue weighted by Gasteiger charge is -2.09. The van der Waals surface area contributed by atoms with Gasteiger partial charge in [0, 0.05) is 36.9 Å². The van der Waals surface area contributed by atoms with Crippen molar-refractivity contribution in [3.05, 3.63) is 36.2 Å². The average molecular weight is 389 g/mol. The number of hydrogen-bond donors (Lipinski definition) is 3. The van der Waals surface area contributed by atoms with Crippen molar-refractivity contribution in [3.8, 4) is 17.3 Å². The van der Waals surface area contributed by atoms with Crippen molar-refractivity contribution < 1.29 is 9.59 Å². The van der Waals surface area contributed by atoms with E-state index in [0.29, 0.717) is 23.6 Å². The summed E-state index contributed by atoms with van der Waals surface area (Å²) in [5.41, 5.74) is 8.56. The SMILES string of the molecule is CNC(=O)c1cc(-c2cc(N)c3cnc(NC(=O)C4CC4C#N)cc3c2)n(C)n1. The van der Waals surface area contributed by atoms with E-state index in [1.807, 2.05) is 6.07 Å². The van der Waals surface area contributed by atoms with E-state index in [2.05, 4.69) is 26.8 Å². The maximum atomic E-state index is 12.2. The predicted octanol–water partition coefficient (Wildman–Crippen LogP) is 1.68. The summed E-state index contributed by atoms with van der Waals surface area (Å²) in [4.78, 5) is 28.3. The molecule has 0 aliphatic heterocycles. The Kier molecular flexibility index (Phi) is 4.39. The quantitative estimate of drug-likeness (QED) is 0.580. The molecule has 9 nitrogen and oxygen atoms in total. The summed E-state index contributed by atoms with van der Waals surface area (Å²) >= 11 is 0. The van der Waals surface area contributed by atoms with Crippen molar-refractivity contribution in [2.24, 2.45) is 18.9 Å². The topological polar surface area (TPSA) is 139 Å². The summed E-state index contributed by atoms with van der Waals surface area (Å²) in [6.07, 6.45) is 2.19. The lowest BCUT2D eigenvalue weighted by atomic mass is 10.0. The van der Waals surface area contributed by atoms with E-state index in [1.54, 1.807) is 43.2 Å². The summed E-state index contributed by atoms with van der Waals surface area (Å²) in [5, 5.41) is 20.0. The molecule has 1 aliphatic carbocycles. The van der Waals surface area contributed by atoms with Crippen LogP contribution in [-0.2, 0) is 11.8 Å². The number of carbonyl (C=O) groups excluding carboxylic acids is 2. The van der Waals surface area contributed by atoms with Crippen molar-refractivity contribution in [1.82, 2.24) is 20.1 Å². The number of pyridine rings is 1. The zero-order valence-electron chi connectivity index (χ0n) is 15.9. The fraction of sp³-hybridized carbons (Fsp3) is 0.250. The molecule has 1 fully saturated rings. The van der Waals surface area contributed by atoms with Gasteiger partial charge in [0.25, 0.3) is 5.91 Å². The number of aryl methyl sites for hydroxylation is 1. The Labute approximate surface area is 166 Å². The number of nitrogens with zero attached hydrogens (tertiary/aromatic N) is 4. The first kappa shape index (κ1) is 18.4. The van der Waals surface area contributed by atoms with E-state index in [0.717, 1.165) is 22.0 Å². The van der Waals surface area contributed by atoms with Crippen molar-refractivity contribution in [2.75, 3.05) is 18.1 Å². The van der Waals surface area contributed by atoms with Gasteiger partial charge in [0.15, 0.2) is 5.69 Å². The second-order valence-corrected chi connectivity index (χ2v) is 7.04. The number of hydrogen-bond acceptors (Lipinski definition) is 6. The lowest BCUT2D eigenvalue weighted by molar-refractivity contribution is -0.117. The molecule has 4 N–H and O–H groups in total. The predicted molar refractivity (Wildman–Crippen MR) is 108 cm³/mol. The summed E-state index contributed by atoms with van der Waals surface area (Å²) in [5.74, 6) is -0.554. The van der Waals surface area contributed by atoms with Crippen LogP contribution in [0.1, 0.15) is 16.9 Å². The van der Waals surface area contributed by atoms with E-state index in [-0.39, 0.29) is 23.7 Å². The molecule has 0 saturated heterocycles. The van der Waals surface area contributed by atoms with Crippen molar-refractivity contribution in [3.63, 3.8) is 0 Å². The van der Waals surface area contributed by atoms with Gasteiger partial charge < -0.3 is 16.4 Å². The standard InChI is InChI=1S/C20H19N7O2/c1-23-20(29)16-7-17(27(2)26-16)11-3-10-6-18(24-9-14(10)15(22)5-11)25-19(28)13-4-12(13)8-21/h3,5-7,9,12-13H,4,22H2,1-2H3,(H,23,29)(H,24,25,28). The Morgan fingerprint density at radius 1 is 1.31 bits per heavy atom. The first-order valence-corrected chi connectivity index (χ1v) is 9.07. The molecule has 2 atom stereocenters. The van der Waals surface area contributed by atoms with Crippen LogP contribution in [0, 0.1) is 23.2 Å². The Morgan fingerprint density at radius 3 is 2.79 bits per heavy atom. The number of nitrogens with one attached hydrogen (secondary N) is 2. The molecular formula is C20H19N7O2. The zero-order valence-corrected chi connectivity index (χ0v) is 15.9. The Balaban J connectivity index is 1.68. The van der Waals surface area contributed by atoms with Crippen LogP contribution in [0.15, 0.2) is 30.5 Å². The van der Waals surface area contributed by atoms with Gasteiger partial charge in [-0.1, -0.05) is 0 Å². The molecule has 29 heavy (non-hydrogen) atoms. The summed E-state index contributed by atoms with van der Waals surface area (Å²) in [6, 6.07) is 9.24. The van der Waals surface area contributed by atoms with Gasteiger partial charge in [-0.25, -0.2) is 4.98 Å². The van der Waals surface area contributed by atoms with Crippen LogP contribution in [0.4, 0.5) is 11.5 Å². The second-order valence-electron chi connectivity index (χ2n) is 7.04. The summed E-state index contributed by atoms with van der Waals surface area (Å²) in [7, 11) is 3.30. The van der Waals surface area contributed by atoms with Crippen LogP contribution >= 0.6 is 0 Å². The summed E-state index contributed by atoms with van der Waals surface area (Å²) in [6.45, 7) is 0. The smallest absolute Gasteiger partial charge is 0.271 e. The van der Waals surface area contributed by atoms with E-state index in [4.69, 9.17) is 11.0 Å². The maximum absolute atomic E-state index is 12.2. The van der Waals surface area contributed by atoms with Crippen LogP contribution in [0.25, 0.3) is 22.0 Å². The van der Waals surface area contributed by atoms with Gasteiger partial charge in [-0.05, 0) is 36.1 Å². The molecular weight excluding hydrogens is 370 g/mol. The molecule has 1 aromatic carbocycles. The molecule has 2 heterocycles. The molecule has 2 aromatic heterocycles. The van der Waals surface area contributed by atoms with Crippen LogP contribution < -0.4 is 16.4 Å². The number of amides is 2. The average Bonchev–Trinajstić information content (AvgIpc) is 3.41. The fourth-order valence-electron chi connectivity index (χ4n) is 3.33. The van der Waals surface area contributed by atoms with Crippen LogP contribution in [0.3, 0.4) is 0 Å². The normalized spacial score (nSPS) is 17.6. The van der Waals surface area contributed by atoms with Gasteiger partial charge in [0.05, 0.1) is 23.6 Å². The van der Waals surface area contributed by atoms with E-state index in [1.165, 1.54) is 0 Å². The molecule has 2 unspecified atom stereocenters. The van der Waals surface area contributed by atoms with E-state index in [9.17, 15) is 9.59 Å². The zero-order chi connectivity index (χ0) is 20.7. The minimum Gasteiger partial charge on any atom is -0.398 e. The van der Waals surface area contributed by atoms with Crippen LogP contribution in [0.2, 0.25) is 0 Å². The van der Waals surface area contributed by atoms with Gasteiger partial charge in [-0.15, -0.1) is 0 Å². The highest BCUT2D eigenvalue weighted by molar-refractivity contribution is 6.00. The highest BCUT2D eigenvalue weighted by Crippen LogP contribution is 2.38. The molecule has 146 valence electrons. The number of rotatable bonds is 4. The minimum absolute atomic E-state index is 0.200. The molecule has 9 heteroatoms. The molecule has 4 rings (SSSR count). The van der Waals surface area contributed by atoms with Crippen LogP contribution in [0.5, 0.6) is 0 Å². The molecule has 0 spiro atoms. The lowest BCUT2D eigenvalue weighted by Crippen LogP contribution is -2.18.